The Bertz CT molecular complexity index is 1360. The quantitative estimate of drug-likeness (QED) is 0.210. The zero-order chi connectivity index (χ0) is 27.3. The molecule has 0 aliphatic rings. The first-order valence-corrected chi connectivity index (χ1v) is 17.2. The van der Waals surface area contributed by atoms with Gasteiger partial charge in [0.15, 0.2) is 14.5 Å². The van der Waals surface area contributed by atoms with E-state index in [1.165, 1.54) is 36.9 Å². The lowest BCUT2D eigenvalue weighted by atomic mass is 10.4. The van der Waals surface area contributed by atoms with E-state index in [1.54, 1.807) is 0 Å². The van der Waals surface area contributed by atoms with E-state index < -0.39 is 14.5 Å². The van der Waals surface area contributed by atoms with Crippen molar-refractivity contribution < 1.29 is 34.0 Å². The summed E-state index contributed by atoms with van der Waals surface area (Å²) in [4.78, 5) is 0. The van der Waals surface area contributed by atoms with Gasteiger partial charge in [-0.1, -0.05) is 109 Å². The van der Waals surface area contributed by atoms with Crippen LogP contribution in [0.4, 0.5) is 0 Å². The molecule has 0 fully saturated rings. The molecule has 6 aromatic rings. The summed E-state index contributed by atoms with van der Waals surface area (Å²) in [5.74, 6) is 0. The molecular formula is C38H32Br2P2. The molecule has 0 atom stereocenters. The molecule has 0 unspecified atom stereocenters. The predicted octanol–water partition coefficient (Wildman–Crippen LogP) is 1.45. The standard InChI is InChI=1S/C38H32P2.2BrH/c1-32(39(33-20-8-2-9-21-33,34-22-10-3-11-23-34)35-24-12-4-13-25-35)40(36-26-14-5-15-27-36,37-28-16-6-17-29-37)38-30-18-7-19-31-38;;/h2-31H,1H2;2*1H/q+2;;/p-2. The molecule has 0 spiro atoms. The van der Waals surface area contributed by atoms with Gasteiger partial charge in [-0.2, -0.15) is 0 Å². The van der Waals surface area contributed by atoms with E-state index in [0.717, 1.165) is 0 Å². The average molecular weight is 710 g/mol. The molecule has 4 heteroatoms. The molecule has 0 aromatic heterocycles. The van der Waals surface area contributed by atoms with E-state index in [9.17, 15) is 0 Å². The van der Waals surface area contributed by atoms with Gasteiger partial charge in [0.2, 0.25) is 5.06 Å². The van der Waals surface area contributed by atoms with Crippen molar-refractivity contribution in [2.75, 3.05) is 0 Å². The number of hydrogen-bond donors (Lipinski definition) is 0. The van der Waals surface area contributed by atoms with Crippen LogP contribution in [0.5, 0.6) is 0 Å². The molecule has 0 nitrogen and oxygen atoms in total. The topological polar surface area (TPSA) is 0 Å². The minimum atomic E-state index is -2.41. The Kier molecular flexibility index (Phi) is 10.9. The molecule has 208 valence electrons. The molecule has 0 heterocycles. The van der Waals surface area contributed by atoms with Crippen LogP contribution in [-0.4, -0.2) is 0 Å². The minimum Gasteiger partial charge on any atom is -1.00 e. The third-order valence-corrected chi connectivity index (χ3v) is 17.4. The second-order valence-electron chi connectivity index (χ2n) is 9.77. The van der Waals surface area contributed by atoms with Gasteiger partial charge >= 0.3 is 0 Å². The molecule has 0 radical (unpaired) electrons. The van der Waals surface area contributed by atoms with E-state index in [0.29, 0.717) is 0 Å². The van der Waals surface area contributed by atoms with Gasteiger partial charge in [0, 0.05) is 0 Å². The van der Waals surface area contributed by atoms with Gasteiger partial charge in [-0.25, -0.2) is 0 Å². The molecule has 6 aromatic carbocycles. The molecule has 0 bridgehead atoms. The van der Waals surface area contributed by atoms with Crippen LogP contribution in [0.3, 0.4) is 0 Å². The fourth-order valence-corrected chi connectivity index (χ4v) is 17.1. The number of rotatable bonds is 8. The van der Waals surface area contributed by atoms with Crippen LogP contribution in [0.15, 0.2) is 194 Å². The van der Waals surface area contributed by atoms with Gasteiger partial charge in [0.25, 0.3) is 0 Å². The summed E-state index contributed by atoms with van der Waals surface area (Å²) >= 11 is 0. The van der Waals surface area contributed by atoms with Crippen molar-refractivity contribution in [1.29, 1.82) is 0 Å². The van der Waals surface area contributed by atoms with Crippen LogP contribution in [0.2, 0.25) is 0 Å². The van der Waals surface area contributed by atoms with Crippen LogP contribution < -0.4 is 65.8 Å². The minimum absolute atomic E-state index is 0. The lowest BCUT2D eigenvalue weighted by molar-refractivity contribution is -0.00100. The Morgan fingerprint density at radius 3 is 0.571 bits per heavy atom. The number of halogens is 2. The SMILES string of the molecule is C=C([P+](c1ccccc1)(c1ccccc1)c1ccccc1)[P+](c1ccccc1)(c1ccccc1)c1ccccc1.[Br-].[Br-]. The van der Waals surface area contributed by atoms with Gasteiger partial charge in [0.05, 0.1) is 0 Å². The van der Waals surface area contributed by atoms with Crippen molar-refractivity contribution in [1.82, 2.24) is 0 Å². The number of hydrogen-bond acceptors (Lipinski definition) is 0. The molecule has 0 aliphatic carbocycles. The van der Waals surface area contributed by atoms with E-state index in [2.05, 4.69) is 182 Å². The highest BCUT2D eigenvalue weighted by Crippen LogP contribution is 2.79. The summed E-state index contributed by atoms with van der Waals surface area (Å²) in [6.07, 6.45) is 0. The van der Waals surface area contributed by atoms with Gasteiger partial charge in [-0.05, 0) is 79.4 Å². The van der Waals surface area contributed by atoms with Crippen LogP contribution in [0.1, 0.15) is 0 Å². The molecule has 0 N–H and O–H groups in total. The highest BCUT2D eigenvalue weighted by atomic mass is 79.9. The summed E-state index contributed by atoms with van der Waals surface area (Å²) in [6.45, 7) is 5.26. The zero-order valence-corrected chi connectivity index (χ0v) is 28.1. The van der Waals surface area contributed by atoms with Crippen molar-refractivity contribution in [3.05, 3.63) is 194 Å². The first-order valence-electron chi connectivity index (χ1n) is 13.6. The van der Waals surface area contributed by atoms with Gasteiger partial charge in [-0.3, -0.25) is 0 Å². The monoisotopic (exact) mass is 708 g/mol. The Morgan fingerprint density at radius 2 is 0.429 bits per heavy atom. The lowest BCUT2D eigenvalue weighted by Crippen LogP contribution is -3.00. The van der Waals surface area contributed by atoms with Crippen molar-refractivity contribution in [2.24, 2.45) is 0 Å². The maximum absolute atomic E-state index is 5.26. The molecular weight excluding hydrogens is 678 g/mol. The fraction of sp³-hybridized carbons (Fsp3) is 0. The summed E-state index contributed by atoms with van der Waals surface area (Å²) in [6, 6.07) is 66.6. The summed E-state index contributed by atoms with van der Waals surface area (Å²) in [5, 5.41) is 9.24. The van der Waals surface area contributed by atoms with Crippen molar-refractivity contribution in [3.63, 3.8) is 0 Å². The Balaban J connectivity index is 0.00000202. The van der Waals surface area contributed by atoms with Crippen molar-refractivity contribution in [3.8, 4) is 0 Å². The predicted molar refractivity (Wildman–Crippen MR) is 179 cm³/mol. The van der Waals surface area contributed by atoms with Crippen LogP contribution in [-0.2, 0) is 0 Å². The average Bonchev–Trinajstić information content (AvgIpc) is 3.05. The third kappa shape index (κ3) is 5.50. The third-order valence-electron chi connectivity index (χ3n) is 7.64. The molecule has 0 saturated heterocycles. The van der Waals surface area contributed by atoms with E-state index in [1.807, 2.05) is 0 Å². The summed E-state index contributed by atoms with van der Waals surface area (Å²) in [7, 11) is -4.81. The smallest absolute Gasteiger partial charge is 0.226 e. The van der Waals surface area contributed by atoms with Gasteiger partial charge < -0.3 is 34.0 Å². The normalized spacial score (nSPS) is 11.0. The van der Waals surface area contributed by atoms with Gasteiger partial charge in [-0.15, -0.1) is 0 Å². The molecule has 0 amide bonds. The summed E-state index contributed by atoms with van der Waals surface area (Å²) in [5.41, 5.74) is 0. The lowest BCUT2D eigenvalue weighted by Gasteiger charge is -2.35. The maximum Gasteiger partial charge on any atom is 0.226 e. The zero-order valence-electron chi connectivity index (χ0n) is 23.2. The fourth-order valence-electron chi connectivity index (χ4n) is 5.92. The molecule has 6 rings (SSSR count). The Morgan fingerprint density at radius 1 is 0.286 bits per heavy atom. The Labute approximate surface area is 272 Å². The van der Waals surface area contributed by atoms with Crippen LogP contribution in [0.25, 0.3) is 0 Å². The maximum atomic E-state index is 5.26. The highest BCUT2D eigenvalue weighted by Gasteiger charge is 2.64. The second-order valence-corrected chi connectivity index (χ2v) is 17.0. The van der Waals surface area contributed by atoms with E-state index >= 15 is 0 Å². The Hall–Kier alpha value is -3.12. The van der Waals surface area contributed by atoms with E-state index in [4.69, 9.17) is 6.58 Å². The number of benzene rings is 6. The molecule has 42 heavy (non-hydrogen) atoms. The first kappa shape index (κ1) is 31.8. The molecule has 0 aliphatic heterocycles. The van der Waals surface area contributed by atoms with Crippen LogP contribution >= 0.6 is 14.5 Å². The van der Waals surface area contributed by atoms with Gasteiger partial charge in [0.1, 0.15) is 31.8 Å². The van der Waals surface area contributed by atoms with Crippen LogP contribution in [0, 0.1) is 0 Å². The largest absolute Gasteiger partial charge is 1.00 e. The van der Waals surface area contributed by atoms with Crippen molar-refractivity contribution in [2.45, 2.75) is 0 Å². The molecule has 0 saturated carbocycles. The van der Waals surface area contributed by atoms with E-state index in [-0.39, 0.29) is 34.0 Å². The van der Waals surface area contributed by atoms with Crippen molar-refractivity contribution >= 4 is 46.4 Å². The highest BCUT2D eigenvalue weighted by molar-refractivity contribution is 8.15. The first-order chi connectivity index (χ1) is 19.8. The second kappa shape index (κ2) is 14.4. The summed E-state index contributed by atoms with van der Waals surface area (Å²) < 4.78 is 0.